The van der Waals surface area contributed by atoms with Gasteiger partial charge in [-0.15, -0.1) is 0 Å². The maximum absolute atomic E-state index is 13.1. The lowest BCUT2D eigenvalue weighted by Crippen LogP contribution is -2.36. The molecule has 2 amide bonds. The minimum atomic E-state index is -0.183. The Kier molecular flexibility index (Phi) is 7.04. The minimum absolute atomic E-state index is 0.0863. The van der Waals surface area contributed by atoms with E-state index in [2.05, 4.69) is 9.98 Å². The Morgan fingerprint density at radius 1 is 0.767 bits per heavy atom. The molecule has 4 aliphatic heterocycles. The summed E-state index contributed by atoms with van der Waals surface area (Å²) in [4.78, 5) is 38.5. The Balaban J connectivity index is 1.05. The Bertz CT molecular complexity index is 1670. The molecule has 2 atom stereocenters. The molecule has 11 heteroatoms. The zero-order chi connectivity index (χ0) is 29.5. The van der Waals surface area contributed by atoms with Gasteiger partial charge in [-0.2, -0.15) is 0 Å². The smallest absolute Gasteiger partial charge is 0.258 e. The summed E-state index contributed by atoms with van der Waals surface area (Å²) in [5.74, 6) is 1.38. The minimum Gasteiger partial charge on any atom is -0.493 e. The molecule has 3 aromatic carbocycles. The molecule has 11 nitrogen and oxygen atoms in total. The zero-order valence-electron chi connectivity index (χ0n) is 23.8. The lowest BCUT2D eigenvalue weighted by atomic mass is 10.1. The number of aryl methyl sites for hydroxylation is 1. The van der Waals surface area contributed by atoms with Crippen molar-refractivity contribution in [3.05, 3.63) is 76.3 Å². The molecule has 0 saturated carbocycles. The van der Waals surface area contributed by atoms with E-state index >= 15 is 0 Å². The third-order valence-electron chi connectivity index (χ3n) is 7.95. The lowest BCUT2D eigenvalue weighted by molar-refractivity contribution is 0.0675. The van der Waals surface area contributed by atoms with Gasteiger partial charge in [-0.25, -0.2) is 0 Å². The van der Waals surface area contributed by atoms with Crippen LogP contribution in [-0.4, -0.2) is 79.9 Å². The first-order chi connectivity index (χ1) is 21.0. The average molecular weight is 583 g/mol. The predicted octanol–water partition coefficient (Wildman–Crippen LogP) is 4.19. The highest BCUT2D eigenvalue weighted by molar-refractivity contribution is 6.04. The molecule has 3 aromatic rings. The SMILES string of the molecule is COc1cc2c(cc1OCc1cccc(COc3cc4c(cc3C)C(=O)N3COC[C@H]3C=N4)c1)N=C[C@@H]1COCN1C2=O. The van der Waals surface area contributed by atoms with Crippen molar-refractivity contribution in [2.75, 3.05) is 33.8 Å². The number of amides is 2. The summed E-state index contributed by atoms with van der Waals surface area (Å²) in [6, 6.07) is 14.7. The van der Waals surface area contributed by atoms with Crippen molar-refractivity contribution in [2.24, 2.45) is 9.98 Å². The molecule has 7 rings (SSSR count). The van der Waals surface area contributed by atoms with Gasteiger partial charge in [0, 0.05) is 24.6 Å². The Morgan fingerprint density at radius 3 is 1.93 bits per heavy atom. The summed E-state index contributed by atoms with van der Waals surface area (Å²) in [5, 5.41) is 0. The highest BCUT2D eigenvalue weighted by Gasteiger charge is 2.34. The number of methoxy groups -OCH3 is 1. The third-order valence-corrected chi connectivity index (χ3v) is 7.95. The molecule has 4 aliphatic rings. The Hall–Kier alpha value is -4.74. The van der Waals surface area contributed by atoms with Crippen LogP contribution in [0.4, 0.5) is 11.4 Å². The van der Waals surface area contributed by atoms with Crippen molar-refractivity contribution in [2.45, 2.75) is 32.2 Å². The second kappa shape index (κ2) is 11.2. The van der Waals surface area contributed by atoms with E-state index in [9.17, 15) is 9.59 Å². The number of nitrogens with zero attached hydrogens (tertiary/aromatic N) is 4. The van der Waals surface area contributed by atoms with Crippen molar-refractivity contribution in [3.63, 3.8) is 0 Å². The van der Waals surface area contributed by atoms with Crippen molar-refractivity contribution < 1.29 is 33.3 Å². The molecule has 43 heavy (non-hydrogen) atoms. The number of fused-ring (bicyclic) bond motifs is 4. The van der Waals surface area contributed by atoms with Gasteiger partial charge in [0.1, 0.15) is 32.4 Å². The maximum Gasteiger partial charge on any atom is 0.258 e. The topological polar surface area (TPSA) is 111 Å². The van der Waals surface area contributed by atoms with Crippen LogP contribution in [0, 0.1) is 6.92 Å². The molecular weight excluding hydrogens is 552 g/mol. The van der Waals surface area contributed by atoms with Gasteiger partial charge < -0.3 is 33.5 Å². The summed E-state index contributed by atoms with van der Waals surface area (Å²) in [7, 11) is 1.54. The van der Waals surface area contributed by atoms with E-state index in [1.807, 2.05) is 43.3 Å². The largest absolute Gasteiger partial charge is 0.493 e. The van der Waals surface area contributed by atoms with Gasteiger partial charge in [0.05, 0.1) is 54.9 Å². The number of benzene rings is 3. The normalized spacial score (nSPS) is 20.2. The molecular formula is C32H30N4O7. The number of hydrogen-bond donors (Lipinski definition) is 0. The van der Waals surface area contributed by atoms with Gasteiger partial charge >= 0.3 is 0 Å². The number of carbonyl (C=O) groups excluding carboxylic acids is 2. The number of ether oxygens (including phenoxy) is 5. The number of aliphatic imine (C=N–C) groups is 2. The first-order valence-electron chi connectivity index (χ1n) is 14.0. The van der Waals surface area contributed by atoms with E-state index in [0.29, 0.717) is 59.6 Å². The highest BCUT2D eigenvalue weighted by atomic mass is 16.5. The van der Waals surface area contributed by atoms with Gasteiger partial charge in [0.15, 0.2) is 11.5 Å². The van der Waals surface area contributed by atoms with Crippen LogP contribution in [0.5, 0.6) is 17.2 Å². The van der Waals surface area contributed by atoms with Gasteiger partial charge in [0.2, 0.25) is 0 Å². The first-order valence-corrected chi connectivity index (χ1v) is 14.0. The Morgan fingerprint density at radius 2 is 1.33 bits per heavy atom. The van der Waals surface area contributed by atoms with Gasteiger partial charge in [-0.05, 0) is 41.8 Å². The highest BCUT2D eigenvalue weighted by Crippen LogP contribution is 2.38. The fraction of sp³-hybridized carbons (Fsp3) is 0.312. The lowest BCUT2D eigenvalue weighted by Gasteiger charge is -2.18. The molecule has 2 saturated heterocycles. The van der Waals surface area contributed by atoms with Crippen LogP contribution in [0.2, 0.25) is 0 Å². The van der Waals surface area contributed by atoms with E-state index in [0.717, 1.165) is 16.7 Å². The number of rotatable bonds is 7. The van der Waals surface area contributed by atoms with Gasteiger partial charge in [0.25, 0.3) is 11.8 Å². The third kappa shape index (κ3) is 5.10. The maximum atomic E-state index is 13.1. The summed E-state index contributed by atoms with van der Waals surface area (Å²) in [5.41, 5.74) is 4.87. The molecule has 2 fully saturated rings. The van der Waals surface area contributed by atoms with Gasteiger partial charge in [-0.3, -0.25) is 19.6 Å². The van der Waals surface area contributed by atoms with Crippen LogP contribution < -0.4 is 14.2 Å². The summed E-state index contributed by atoms with van der Waals surface area (Å²) in [6.45, 7) is 3.92. The Labute approximate surface area is 248 Å². The molecule has 4 heterocycles. The molecule has 0 N–H and O–H groups in total. The fourth-order valence-electron chi connectivity index (χ4n) is 5.56. The number of hydrogen-bond acceptors (Lipinski definition) is 9. The van der Waals surface area contributed by atoms with Crippen molar-refractivity contribution in [1.82, 2.24) is 9.80 Å². The van der Waals surface area contributed by atoms with Gasteiger partial charge in [-0.1, -0.05) is 18.2 Å². The van der Waals surface area contributed by atoms with Crippen molar-refractivity contribution >= 4 is 35.6 Å². The standard InChI is InChI=1S/C32H30N4O7/c1-19-6-24-26(33-11-22-15-40-17-35(22)31(24)37)9-28(19)42-13-20-4-3-5-21(7-20)14-43-30-10-27-25(8-29(30)39-2)32(38)36-18-41-16-23(36)12-34-27/h3-12,22-23H,13-18H2,1-2H3/t22-,23-/m1/s1. The monoisotopic (exact) mass is 582 g/mol. The van der Waals surface area contributed by atoms with E-state index in [1.165, 1.54) is 0 Å². The molecule has 0 aromatic heterocycles. The summed E-state index contributed by atoms with van der Waals surface area (Å²) < 4.78 is 28.8. The van der Waals surface area contributed by atoms with Crippen LogP contribution in [0.1, 0.15) is 37.4 Å². The predicted molar refractivity (Wildman–Crippen MR) is 157 cm³/mol. The van der Waals surface area contributed by atoms with E-state index in [4.69, 9.17) is 23.7 Å². The summed E-state index contributed by atoms with van der Waals surface area (Å²) >= 11 is 0. The van der Waals surface area contributed by atoms with Crippen LogP contribution in [-0.2, 0) is 22.7 Å². The summed E-state index contributed by atoms with van der Waals surface area (Å²) in [6.07, 6.45) is 3.51. The van der Waals surface area contributed by atoms with Crippen LogP contribution in [0.3, 0.4) is 0 Å². The second-order valence-corrected chi connectivity index (χ2v) is 10.8. The molecule has 0 unspecified atom stereocenters. The average Bonchev–Trinajstić information content (AvgIpc) is 3.65. The second-order valence-electron chi connectivity index (χ2n) is 10.8. The first kappa shape index (κ1) is 27.1. The van der Waals surface area contributed by atoms with Crippen LogP contribution in [0.25, 0.3) is 0 Å². The molecule has 0 spiro atoms. The molecule has 0 aliphatic carbocycles. The fourth-order valence-corrected chi connectivity index (χ4v) is 5.56. The molecule has 0 radical (unpaired) electrons. The number of carbonyl (C=O) groups is 2. The van der Waals surface area contributed by atoms with Crippen LogP contribution in [0.15, 0.2) is 58.5 Å². The van der Waals surface area contributed by atoms with E-state index < -0.39 is 0 Å². The van der Waals surface area contributed by atoms with E-state index in [-0.39, 0.29) is 44.0 Å². The zero-order valence-corrected chi connectivity index (χ0v) is 23.8. The van der Waals surface area contributed by atoms with Crippen LogP contribution >= 0.6 is 0 Å². The molecule has 220 valence electrons. The molecule has 0 bridgehead atoms. The van der Waals surface area contributed by atoms with Crippen molar-refractivity contribution in [3.8, 4) is 17.2 Å². The quantitative estimate of drug-likeness (QED) is 0.411. The van der Waals surface area contributed by atoms with E-state index in [1.54, 1.807) is 41.5 Å². The van der Waals surface area contributed by atoms with Crippen molar-refractivity contribution in [1.29, 1.82) is 0 Å².